The molecular formula is C16H22FN3O. The molecule has 0 aromatic heterocycles. The van der Waals surface area contributed by atoms with E-state index in [1.165, 1.54) is 12.1 Å². The summed E-state index contributed by atoms with van der Waals surface area (Å²) in [7, 11) is 0. The van der Waals surface area contributed by atoms with Gasteiger partial charge in [0, 0.05) is 5.92 Å². The molecule has 1 aromatic rings. The van der Waals surface area contributed by atoms with Crippen LogP contribution in [0.25, 0.3) is 0 Å². The van der Waals surface area contributed by atoms with Gasteiger partial charge in [0.2, 0.25) is 0 Å². The summed E-state index contributed by atoms with van der Waals surface area (Å²) in [5, 5.41) is 0. The smallest absolute Gasteiger partial charge is 0.281 e. The van der Waals surface area contributed by atoms with Crippen LogP contribution in [0.1, 0.15) is 35.7 Å². The fourth-order valence-electron chi connectivity index (χ4n) is 2.61. The fourth-order valence-corrected chi connectivity index (χ4v) is 2.61. The second kappa shape index (κ2) is 6.80. The van der Waals surface area contributed by atoms with Gasteiger partial charge in [-0.25, -0.2) is 4.39 Å². The quantitative estimate of drug-likeness (QED) is 0.687. The number of aryl methyl sites for hydroxylation is 1. The van der Waals surface area contributed by atoms with Gasteiger partial charge >= 0.3 is 0 Å². The molecule has 21 heavy (non-hydrogen) atoms. The average Bonchev–Trinajstić information content (AvgIpc) is 2.47. The molecule has 1 fully saturated rings. The molecule has 114 valence electrons. The van der Waals surface area contributed by atoms with Crippen molar-refractivity contribution >= 4 is 11.7 Å². The zero-order chi connectivity index (χ0) is 15.4. The number of carbonyl (C=O) groups is 1. The van der Waals surface area contributed by atoms with Gasteiger partial charge < -0.3 is 10.6 Å². The molecule has 0 radical (unpaired) electrons. The summed E-state index contributed by atoms with van der Waals surface area (Å²) in [5.74, 6) is -0.693. The minimum absolute atomic E-state index is 0.0189. The molecule has 0 saturated carbocycles. The monoisotopic (exact) mass is 291 g/mol. The third kappa shape index (κ3) is 3.88. The third-order valence-electron chi connectivity index (χ3n) is 4.04. The Hall–Kier alpha value is -1.75. The van der Waals surface area contributed by atoms with Gasteiger partial charge in [-0.3, -0.25) is 4.79 Å². The van der Waals surface area contributed by atoms with Crippen LogP contribution in [-0.4, -0.2) is 36.3 Å². The summed E-state index contributed by atoms with van der Waals surface area (Å²) in [5.41, 5.74) is 6.69. The topological polar surface area (TPSA) is 58.7 Å². The highest BCUT2D eigenvalue weighted by molar-refractivity contribution is 6.03. The minimum atomic E-state index is -0.595. The maximum absolute atomic E-state index is 13.8. The summed E-state index contributed by atoms with van der Waals surface area (Å²) in [6, 6.07) is 4.49. The maximum Gasteiger partial charge on any atom is 0.281 e. The predicted molar refractivity (Wildman–Crippen MR) is 81.9 cm³/mol. The first-order valence-corrected chi connectivity index (χ1v) is 7.38. The van der Waals surface area contributed by atoms with E-state index in [0.717, 1.165) is 38.0 Å². The lowest BCUT2D eigenvalue weighted by Crippen LogP contribution is -2.38. The Morgan fingerprint density at radius 2 is 2.10 bits per heavy atom. The second-order valence-corrected chi connectivity index (χ2v) is 5.53. The minimum Gasteiger partial charge on any atom is -0.387 e. The number of nitrogens with zero attached hydrogens (tertiary/aromatic N) is 2. The molecule has 1 aliphatic heterocycles. The van der Waals surface area contributed by atoms with E-state index >= 15 is 0 Å². The number of aliphatic imine (C=N–C) groups is 1. The number of carbonyl (C=O) groups excluding carboxylic acids is 1. The number of hydrogen-bond acceptors (Lipinski definition) is 2. The Morgan fingerprint density at radius 1 is 1.43 bits per heavy atom. The van der Waals surface area contributed by atoms with E-state index in [2.05, 4.69) is 16.8 Å². The molecule has 0 aliphatic carbocycles. The van der Waals surface area contributed by atoms with Crippen molar-refractivity contribution in [3.05, 3.63) is 35.1 Å². The van der Waals surface area contributed by atoms with Crippen LogP contribution < -0.4 is 5.73 Å². The fraction of sp³-hybridized carbons (Fsp3) is 0.500. The van der Waals surface area contributed by atoms with Gasteiger partial charge in [0.15, 0.2) is 0 Å². The first-order chi connectivity index (χ1) is 10.0. The number of benzene rings is 1. The second-order valence-electron chi connectivity index (χ2n) is 5.53. The lowest BCUT2D eigenvalue weighted by molar-refractivity contribution is 0.0997. The highest BCUT2D eigenvalue weighted by Gasteiger charge is 2.22. The Bertz CT molecular complexity index is 548. The van der Waals surface area contributed by atoms with Crippen molar-refractivity contribution in [2.45, 2.75) is 26.7 Å². The normalized spacial score (nSPS) is 18.0. The molecule has 1 saturated heterocycles. The van der Waals surface area contributed by atoms with E-state index < -0.39 is 11.7 Å². The Morgan fingerprint density at radius 3 is 2.67 bits per heavy atom. The van der Waals surface area contributed by atoms with E-state index in [0.29, 0.717) is 5.84 Å². The van der Waals surface area contributed by atoms with E-state index in [4.69, 9.17) is 5.73 Å². The Labute approximate surface area is 124 Å². The average molecular weight is 291 g/mol. The molecule has 0 unspecified atom stereocenters. The Balaban J connectivity index is 2.06. The summed E-state index contributed by atoms with van der Waals surface area (Å²) in [6.45, 7) is 6.85. The molecule has 1 heterocycles. The molecule has 1 amide bonds. The van der Waals surface area contributed by atoms with Gasteiger partial charge in [-0.05, 0) is 57.1 Å². The molecule has 0 atom stereocenters. The lowest BCUT2D eigenvalue weighted by Gasteiger charge is -2.30. The van der Waals surface area contributed by atoms with Crippen LogP contribution in [0.15, 0.2) is 23.2 Å². The SMILES string of the molecule is CCN1CCC(C(N)=NC(=O)c2ccc(C)cc2F)CC1. The van der Waals surface area contributed by atoms with Crippen LogP contribution >= 0.6 is 0 Å². The number of likely N-dealkylation sites (tertiary alicyclic amines) is 1. The standard InChI is InChI=1S/C16H22FN3O/c1-3-20-8-6-12(7-9-20)15(18)19-16(21)13-5-4-11(2)10-14(13)17/h4-5,10,12H,3,6-9H2,1-2H3,(H2,18,19,21). The third-order valence-corrected chi connectivity index (χ3v) is 4.04. The molecule has 0 spiro atoms. The molecule has 1 aromatic carbocycles. The van der Waals surface area contributed by atoms with Gasteiger partial charge in [0.05, 0.1) is 5.56 Å². The summed E-state index contributed by atoms with van der Waals surface area (Å²) < 4.78 is 13.8. The van der Waals surface area contributed by atoms with E-state index in [-0.39, 0.29) is 11.5 Å². The molecule has 0 bridgehead atoms. The summed E-state index contributed by atoms with van der Waals surface area (Å²) >= 11 is 0. The van der Waals surface area contributed by atoms with E-state index in [1.54, 1.807) is 13.0 Å². The molecule has 2 N–H and O–H groups in total. The van der Waals surface area contributed by atoms with Gasteiger partial charge in [-0.15, -0.1) is 0 Å². The van der Waals surface area contributed by atoms with Crippen molar-refractivity contribution in [1.29, 1.82) is 0 Å². The zero-order valence-electron chi connectivity index (χ0n) is 12.6. The van der Waals surface area contributed by atoms with Crippen LogP contribution in [0, 0.1) is 18.7 Å². The van der Waals surface area contributed by atoms with Crippen molar-refractivity contribution in [3.63, 3.8) is 0 Å². The number of halogens is 1. The predicted octanol–water partition coefficient (Wildman–Crippen LogP) is 2.36. The molecule has 4 nitrogen and oxygen atoms in total. The van der Waals surface area contributed by atoms with Crippen molar-refractivity contribution < 1.29 is 9.18 Å². The van der Waals surface area contributed by atoms with Gasteiger partial charge in [0.1, 0.15) is 11.7 Å². The first-order valence-electron chi connectivity index (χ1n) is 7.38. The number of piperidine rings is 1. The van der Waals surface area contributed by atoms with Crippen LogP contribution in [0.5, 0.6) is 0 Å². The zero-order valence-corrected chi connectivity index (χ0v) is 12.6. The number of amidine groups is 1. The van der Waals surface area contributed by atoms with Gasteiger partial charge in [0.25, 0.3) is 5.91 Å². The molecular weight excluding hydrogens is 269 g/mol. The molecule has 5 heteroatoms. The van der Waals surface area contributed by atoms with Crippen LogP contribution in [0.2, 0.25) is 0 Å². The van der Waals surface area contributed by atoms with Crippen molar-refractivity contribution in [3.8, 4) is 0 Å². The number of amides is 1. The maximum atomic E-state index is 13.8. The van der Waals surface area contributed by atoms with Gasteiger partial charge in [-0.1, -0.05) is 13.0 Å². The van der Waals surface area contributed by atoms with Crippen molar-refractivity contribution in [2.24, 2.45) is 16.6 Å². The van der Waals surface area contributed by atoms with Crippen LogP contribution in [-0.2, 0) is 0 Å². The Kier molecular flexibility index (Phi) is 5.07. The summed E-state index contributed by atoms with van der Waals surface area (Å²) in [6.07, 6.45) is 1.79. The van der Waals surface area contributed by atoms with E-state index in [9.17, 15) is 9.18 Å². The van der Waals surface area contributed by atoms with Crippen molar-refractivity contribution in [2.75, 3.05) is 19.6 Å². The van der Waals surface area contributed by atoms with Crippen molar-refractivity contribution in [1.82, 2.24) is 4.90 Å². The van der Waals surface area contributed by atoms with Crippen LogP contribution in [0.3, 0.4) is 0 Å². The van der Waals surface area contributed by atoms with Gasteiger partial charge in [-0.2, -0.15) is 4.99 Å². The molecule has 1 aliphatic rings. The van der Waals surface area contributed by atoms with E-state index in [1.807, 2.05) is 0 Å². The summed E-state index contributed by atoms with van der Waals surface area (Å²) in [4.78, 5) is 18.3. The number of hydrogen-bond donors (Lipinski definition) is 1. The lowest BCUT2D eigenvalue weighted by atomic mass is 9.95. The molecule has 2 rings (SSSR count). The van der Waals surface area contributed by atoms with Crippen LogP contribution in [0.4, 0.5) is 4.39 Å². The highest BCUT2D eigenvalue weighted by Crippen LogP contribution is 2.18. The number of rotatable bonds is 3. The first kappa shape index (κ1) is 15.6. The largest absolute Gasteiger partial charge is 0.387 e. The number of nitrogens with two attached hydrogens (primary N) is 1. The highest BCUT2D eigenvalue weighted by atomic mass is 19.1.